The van der Waals surface area contributed by atoms with Crippen molar-refractivity contribution >= 4 is 5.91 Å². The zero-order valence-corrected chi connectivity index (χ0v) is 14.4. The van der Waals surface area contributed by atoms with Crippen molar-refractivity contribution in [3.63, 3.8) is 0 Å². The fourth-order valence-corrected chi connectivity index (χ4v) is 4.11. The van der Waals surface area contributed by atoms with Gasteiger partial charge in [0.25, 0.3) is 0 Å². The third-order valence-electron chi connectivity index (χ3n) is 5.90. The zero-order valence-electron chi connectivity index (χ0n) is 14.4. The summed E-state index contributed by atoms with van der Waals surface area (Å²) in [5, 5.41) is 0. The maximum atomic E-state index is 12.7. The SMILES string of the molecule is CC(N)C1CCN(C(=O)C2CCC(C(C)(C)C)CC2)CC1. The van der Waals surface area contributed by atoms with Crippen LogP contribution in [0.4, 0.5) is 0 Å². The van der Waals surface area contributed by atoms with Crippen LogP contribution in [0.1, 0.15) is 66.2 Å². The van der Waals surface area contributed by atoms with Crippen molar-refractivity contribution in [3.05, 3.63) is 0 Å². The molecule has 21 heavy (non-hydrogen) atoms. The molecule has 122 valence electrons. The van der Waals surface area contributed by atoms with E-state index in [0.29, 0.717) is 17.2 Å². The Labute approximate surface area is 130 Å². The Morgan fingerprint density at radius 3 is 2.00 bits per heavy atom. The van der Waals surface area contributed by atoms with E-state index in [1.165, 1.54) is 12.8 Å². The first-order valence-electron chi connectivity index (χ1n) is 8.83. The molecule has 0 aromatic carbocycles. The molecule has 1 aliphatic carbocycles. The smallest absolute Gasteiger partial charge is 0.225 e. The van der Waals surface area contributed by atoms with Gasteiger partial charge in [-0.05, 0) is 62.7 Å². The van der Waals surface area contributed by atoms with E-state index >= 15 is 0 Å². The number of hydrogen-bond acceptors (Lipinski definition) is 2. The van der Waals surface area contributed by atoms with Gasteiger partial charge in [-0.2, -0.15) is 0 Å². The fourth-order valence-electron chi connectivity index (χ4n) is 4.11. The Bertz CT molecular complexity index is 343. The Morgan fingerprint density at radius 1 is 1.05 bits per heavy atom. The highest BCUT2D eigenvalue weighted by Gasteiger charge is 2.35. The minimum absolute atomic E-state index is 0.268. The zero-order chi connectivity index (χ0) is 15.6. The number of carbonyl (C=O) groups excluding carboxylic acids is 1. The van der Waals surface area contributed by atoms with Crippen molar-refractivity contribution in [2.45, 2.75) is 72.3 Å². The summed E-state index contributed by atoms with van der Waals surface area (Å²) < 4.78 is 0. The lowest BCUT2D eigenvalue weighted by molar-refractivity contribution is -0.138. The summed E-state index contributed by atoms with van der Waals surface area (Å²) in [6.07, 6.45) is 6.79. The predicted molar refractivity (Wildman–Crippen MR) is 87.9 cm³/mol. The van der Waals surface area contributed by atoms with Crippen LogP contribution in [0, 0.1) is 23.2 Å². The minimum atomic E-state index is 0.268. The third kappa shape index (κ3) is 4.21. The molecule has 3 nitrogen and oxygen atoms in total. The summed E-state index contributed by atoms with van der Waals surface area (Å²) in [7, 11) is 0. The molecule has 0 radical (unpaired) electrons. The summed E-state index contributed by atoms with van der Waals surface area (Å²) in [4.78, 5) is 14.8. The molecule has 1 amide bonds. The summed E-state index contributed by atoms with van der Waals surface area (Å²) in [5.74, 6) is 2.09. The molecule has 1 heterocycles. The second-order valence-electron chi connectivity index (χ2n) is 8.44. The van der Waals surface area contributed by atoms with Gasteiger partial charge in [0, 0.05) is 25.0 Å². The van der Waals surface area contributed by atoms with Crippen molar-refractivity contribution in [2.75, 3.05) is 13.1 Å². The normalized spacial score (nSPS) is 30.2. The molecular formula is C18H34N2O. The van der Waals surface area contributed by atoms with Gasteiger partial charge in [0.2, 0.25) is 5.91 Å². The third-order valence-corrected chi connectivity index (χ3v) is 5.90. The number of likely N-dealkylation sites (tertiary alicyclic amines) is 1. The Kier molecular flexibility index (Phi) is 5.34. The maximum absolute atomic E-state index is 12.7. The lowest BCUT2D eigenvalue weighted by Gasteiger charge is -2.39. The maximum Gasteiger partial charge on any atom is 0.225 e. The first kappa shape index (κ1) is 16.8. The van der Waals surface area contributed by atoms with Gasteiger partial charge in [0.1, 0.15) is 0 Å². The molecular weight excluding hydrogens is 260 g/mol. The quantitative estimate of drug-likeness (QED) is 0.848. The van der Waals surface area contributed by atoms with Gasteiger partial charge in [-0.15, -0.1) is 0 Å². The van der Waals surface area contributed by atoms with Gasteiger partial charge in [0.15, 0.2) is 0 Å². The highest BCUT2D eigenvalue weighted by atomic mass is 16.2. The summed E-state index contributed by atoms with van der Waals surface area (Å²) in [5.41, 5.74) is 6.38. The summed E-state index contributed by atoms with van der Waals surface area (Å²) in [6, 6.07) is 0.268. The molecule has 1 atom stereocenters. The van der Waals surface area contributed by atoms with Crippen LogP contribution < -0.4 is 5.73 Å². The van der Waals surface area contributed by atoms with E-state index in [1.54, 1.807) is 0 Å². The highest BCUT2D eigenvalue weighted by Crippen LogP contribution is 2.40. The Balaban J connectivity index is 1.80. The van der Waals surface area contributed by atoms with E-state index in [9.17, 15) is 4.79 Å². The number of carbonyl (C=O) groups is 1. The molecule has 2 aliphatic rings. The van der Waals surface area contributed by atoms with Crippen LogP contribution >= 0.6 is 0 Å². The number of hydrogen-bond donors (Lipinski definition) is 1. The Hall–Kier alpha value is -0.570. The van der Waals surface area contributed by atoms with Crippen LogP contribution in [0.2, 0.25) is 0 Å². The highest BCUT2D eigenvalue weighted by molar-refractivity contribution is 5.79. The van der Waals surface area contributed by atoms with Crippen molar-refractivity contribution < 1.29 is 4.79 Å². The second kappa shape index (κ2) is 6.68. The molecule has 2 rings (SSSR count). The van der Waals surface area contributed by atoms with E-state index < -0.39 is 0 Å². The van der Waals surface area contributed by atoms with Crippen LogP contribution in [0.15, 0.2) is 0 Å². The molecule has 2 fully saturated rings. The second-order valence-corrected chi connectivity index (χ2v) is 8.44. The van der Waals surface area contributed by atoms with Crippen LogP contribution in [0.25, 0.3) is 0 Å². The summed E-state index contributed by atoms with van der Waals surface area (Å²) in [6.45, 7) is 10.9. The standard InChI is InChI=1S/C18H34N2O/c1-13(19)14-9-11-20(12-10-14)17(21)15-5-7-16(8-6-15)18(2,3)4/h13-16H,5-12,19H2,1-4H3. The fraction of sp³-hybridized carbons (Fsp3) is 0.944. The van der Waals surface area contributed by atoms with E-state index in [2.05, 4.69) is 32.6 Å². The molecule has 0 aromatic heterocycles. The topological polar surface area (TPSA) is 46.3 Å². The van der Waals surface area contributed by atoms with E-state index in [-0.39, 0.29) is 12.0 Å². The average Bonchev–Trinajstić information content (AvgIpc) is 2.46. The molecule has 0 spiro atoms. The van der Waals surface area contributed by atoms with Crippen LogP contribution in [0.5, 0.6) is 0 Å². The van der Waals surface area contributed by atoms with Gasteiger partial charge in [-0.25, -0.2) is 0 Å². The number of nitrogens with zero attached hydrogens (tertiary/aromatic N) is 1. The summed E-state index contributed by atoms with van der Waals surface area (Å²) >= 11 is 0. The van der Waals surface area contributed by atoms with Crippen molar-refractivity contribution in [3.8, 4) is 0 Å². The van der Waals surface area contributed by atoms with E-state index in [1.807, 2.05) is 0 Å². The molecule has 2 N–H and O–H groups in total. The monoisotopic (exact) mass is 294 g/mol. The van der Waals surface area contributed by atoms with Crippen LogP contribution in [0.3, 0.4) is 0 Å². The largest absolute Gasteiger partial charge is 0.342 e. The molecule has 0 aromatic rings. The molecule has 1 saturated carbocycles. The van der Waals surface area contributed by atoms with Crippen molar-refractivity contribution in [2.24, 2.45) is 28.9 Å². The van der Waals surface area contributed by atoms with E-state index in [0.717, 1.165) is 44.7 Å². The van der Waals surface area contributed by atoms with Crippen LogP contribution in [-0.2, 0) is 4.79 Å². The average molecular weight is 294 g/mol. The van der Waals surface area contributed by atoms with Gasteiger partial charge in [-0.3, -0.25) is 4.79 Å². The van der Waals surface area contributed by atoms with Gasteiger partial charge in [-0.1, -0.05) is 20.8 Å². The lowest BCUT2D eigenvalue weighted by Crippen LogP contribution is -2.45. The minimum Gasteiger partial charge on any atom is -0.342 e. The van der Waals surface area contributed by atoms with Crippen molar-refractivity contribution in [1.29, 1.82) is 0 Å². The first-order valence-corrected chi connectivity index (χ1v) is 8.83. The number of piperidine rings is 1. The lowest BCUT2D eigenvalue weighted by atomic mass is 9.69. The van der Waals surface area contributed by atoms with Gasteiger partial charge < -0.3 is 10.6 Å². The van der Waals surface area contributed by atoms with Crippen molar-refractivity contribution in [1.82, 2.24) is 4.90 Å². The molecule has 1 saturated heterocycles. The number of rotatable bonds is 2. The number of nitrogens with two attached hydrogens (primary N) is 1. The Morgan fingerprint density at radius 2 is 1.57 bits per heavy atom. The molecule has 1 aliphatic heterocycles. The van der Waals surface area contributed by atoms with Crippen LogP contribution in [-0.4, -0.2) is 29.9 Å². The molecule has 3 heteroatoms. The van der Waals surface area contributed by atoms with Gasteiger partial charge in [0.05, 0.1) is 0 Å². The number of amides is 1. The van der Waals surface area contributed by atoms with Gasteiger partial charge >= 0.3 is 0 Å². The first-order chi connectivity index (χ1) is 9.79. The van der Waals surface area contributed by atoms with E-state index in [4.69, 9.17) is 5.73 Å². The predicted octanol–water partition coefficient (Wildman–Crippen LogP) is 3.42. The molecule has 0 bridgehead atoms. The molecule has 1 unspecified atom stereocenters.